The molecule has 3 aromatic rings. The van der Waals surface area contributed by atoms with Gasteiger partial charge >= 0.3 is 5.97 Å². The SMILES string of the molecule is C[C@H](OC(=O)c1ccc2ccccc2n1)C(=O)Nc1ccc(Cl)cn1. The van der Waals surface area contributed by atoms with Gasteiger partial charge in [0.1, 0.15) is 11.5 Å². The number of pyridine rings is 2. The highest BCUT2D eigenvalue weighted by Crippen LogP contribution is 2.14. The lowest BCUT2D eigenvalue weighted by atomic mass is 10.2. The molecule has 0 aliphatic heterocycles. The van der Waals surface area contributed by atoms with Crippen molar-refractivity contribution >= 4 is 40.2 Å². The third-order valence-corrected chi connectivity index (χ3v) is 3.66. The van der Waals surface area contributed by atoms with Crippen LogP contribution in [0.1, 0.15) is 17.4 Å². The molecule has 1 N–H and O–H groups in total. The molecule has 2 heterocycles. The summed E-state index contributed by atoms with van der Waals surface area (Å²) in [6.07, 6.45) is 0.408. The van der Waals surface area contributed by atoms with E-state index in [1.807, 2.05) is 18.2 Å². The van der Waals surface area contributed by atoms with Gasteiger partial charge in [-0.1, -0.05) is 35.9 Å². The van der Waals surface area contributed by atoms with Crippen molar-refractivity contribution in [1.29, 1.82) is 0 Å². The molecule has 3 rings (SSSR count). The van der Waals surface area contributed by atoms with Crippen LogP contribution in [0.3, 0.4) is 0 Å². The van der Waals surface area contributed by atoms with Gasteiger partial charge in [0.2, 0.25) is 0 Å². The largest absolute Gasteiger partial charge is 0.448 e. The molecular weight excluding hydrogens is 342 g/mol. The fourth-order valence-electron chi connectivity index (χ4n) is 2.13. The number of para-hydroxylation sites is 1. The number of esters is 1. The number of nitrogens with zero attached hydrogens (tertiary/aromatic N) is 2. The van der Waals surface area contributed by atoms with Gasteiger partial charge in [-0.15, -0.1) is 0 Å². The zero-order valence-electron chi connectivity index (χ0n) is 13.3. The van der Waals surface area contributed by atoms with Crippen LogP contribution >= 0.6 is 11.6 Å². The molecular formula is C18H14ClN3O3. The highest BCUT2D eigenvalue weighted by molar-refractivity contribution is 6.30. The summed E-state index contributed by atoms with van der Waals surface area (Å²) in [5.74, 6) is -0.845. The molecule has 1 aromatic carbocycles. The van der Waals surface area contributed by atoms with Crippen LogP contribution in [0.25, 0.3) is 10.9 Å². The number of ether oxygens (including phenoxy) is 1. The topological polar surface area (TPSA) is 81.2 Å². The smallest absolute Gasteiger partial charge is 0.357 e. The zero-order valence-corrected chi connectivity index (χ0v) is 14.0. The van der Waals surface area contributed by atoms with E-state index in [1.165, 1.54) is 13.1 Å². The van der Waals surface area contributed by atoms with Crippen LogP contribution in [0.2, 0.25) is 5.02 Å². The lowest BCUT2D eigenvalue weighted by Gasteiger charge is -2.13. The van der Waals surface area contributed by atoms with Crippen LogP contribution in [-0.4, -0.2) is 27.9 Å². The molecule has 1 atom stereocenters. The van der Waals surface area contributed by atoms with Crippen LogP contribution in [0, 0.1) is 0 Å². The lowest BCUT2D eigenvalue weighted by Crippen LogP contribution is -2.30. The van der Waals surface area contributed by atoms with Gasteiger partial charge in [0.25, 0.3) is 5.91 Å². The average Bonchev–Trinajstić information content (AvgIpc) is 2.63. The maximum atomic E-state index is 12.2. The zero-order chi connectivity index (χ0) is 17.8. The predicted octanol–water partition coefficient (Wildman–Crippen LogP) is 3.47. The van der Waals surface area contributed by atoms with E-state index in [0.29, 0.717) is 16.4 Å². The fraction of sp³-hybridized carbons (Fsp3) is 0.111. The monoisotopic (exact) mass is 355 g/mol. The first kappa shape index (κ1) is 16.9. The van der Waals surface area contributed by atoms with Gasteiger partial charge in [-0.25, -0.2) is 14.8 Å². The summed E-state index contributed by atoms with van der Waals surface area (Å²) in [5.41, 5.74) is 0.822. The molecule has 0 unspecified atom stereocenters. The van der Waals surface area contributed by atoms with Crippen LogP contribution < -0.4 is 5.32 Å². The van der Waals surface area contributed by atoms with Crippen molar-refractivity contribution in [3.63, 3.8) is 0 Å². The maximum absolute atomic E-state index is 12.2. The Bertz CT molecular complexity index is 928. The first-order chi connectivity index (χ1) is 12.0. The molecule has 0 aliphatic carbocycles. The molecule has 25 heavy (non-hydrogen) atoms. The number of nitrogens with one attached hydrogen (secondary N) is 1. The molecule has 0 saturated heterocycles. The van der Waals surface area contributed by atoms with Crippen LogP contribution in [0.4, 0.5) is 5.82 Å². The van der Waals surface area contributed by atoms with Crippen molar-refractivity contribution in [2.75, 3.05) is 5.32 Å². The van der Waals surface area contributed by atoms with E-state index in [-0.39, 0.29) is 5.69 Å². The second kappa shape index (κ2) is 7.27. The van der Waals surface area contributed by atoms with Crippen molar-refractivity contribution in [3.8, 4) is 0 Å². The predicted molar refractivity (Wildman–Crippen MR) is 94.5 cm³/mol. The molecule has 0 spiro atoms. The van der Waals surface area contributed by atoms with Crippen molar-refractivity contribution in [1.82, 2.24) is 9.97 Å². The number of anilines is 1. The van der Waals surface area contributed by atoms with Gasteiger partial charge in [-0.05, 0) is 31.2 Å². The molecule has 1 amide bonds. The summed E-state index contributed by atoms with van der Waals surface area (Å²) in [5, 5.41) is 3.92. The Labute approximate surface area is 148 Å². The number of fused-ring (bicyclic) bond motifs is 1. The summed E-state index contributed by atoms with van der Waals surface area (Å²) in [6.45, 7) is 1.48. The Kier molecular flexibility index (Phi) is 4.90. The molecule has 6 nitrogen and oxygen atoms in total. The van der Waals surface area contributed by atoms with Gasteiger partial charge in [0.15, 0.2) is 6.10 Å². The highest BCUT2D eigenvalue weighted by atomic mass is 35.5. The molecule has 0 aliphatic rings. The average molecular weight is 356 g/mol. The van der Waals surface area contributed by atoms with Crippen molar-refractivity contribution in [3.05, 3.63) is 65.4 Å². The quantitative estimate of drug-likeness (QED) is 0.725. The molecule has 2 aromatic heterocycles. The van der Waals surface area contributed by atoms with E-state index in [9.17, 15) is 9.59 Å². The molecule has 0 radical (unpaired) electrons. The lowest BCUT2D eigenvalue weighted by molar-refractivity contribution is -0.123. The van der Waals surface area contributed by atoms with E-state index in [1.54, 1.807) is 30.3 Å². The summed E-state index contributed by atoms with van der Waals surface area (Å²) < 4.78 is 5.18. The van der Waals surface area contributed by atoms with Crippen molar-refractivity contribution in [2.45, 2.75) is 13.0 Å². The number of hydrogen-bond donors (Lipinski definition) is 1. The number of carbonyl (C=O) groups is 2. The summed E-state index contributed by atoms with van der Waals surface area (Å²) in [6, 6.07) is 13.9. The maximum Gasteiger partial charge on any atom is 0.357 e. The second-order valence-corrected chi connectivity index (χ2v) is 5.72. The molecule has 126 valence electrons. The molecule has 0 saturated carbocycles. The van der Waals surface area contributed by atoms with Gasteiger partial charge in [0, 0.05) is 11.6 Å². The van der Waals surface area contributed by atoms with E-state index < -0.39 is 18.0 Å². The number of aromatic nitrogens is 2. The summed E-state index contributed by atoms with van der Waals surface area (Å²) in [7, 11) is 0. The molecule has 0 fully saturated rings. The second-order valence-electron chi connectivity index (χ2n) is 5.29. The number of amides is 1. The normalized spacial score (nSPS) is 11.8. The van der Waals surface area contributed by atoms with Crippen LogP contribution in [-0.2, 0) is 9.53 Å². The van der Waals surface area contributed by atoms with E-state index >= 15 is 0 Å². The van der Waals surface area contributed by atoms with Gasteiger partial charge < -0.3 is 10.1 Å². The molecule has 0 bridgehead atoms. The highest BCUT2D eigenvalue weighted by Gasteiger charge is 2.20. The number of halogens is 1. The van der Waals surface area contributed by atoms with Gasteiger partial charge in [-0.3, -0.25) is 4.79 Å². The standard InChI is InChI=1S/C18H14ClN3O3/c1-11(17(23)22-16-9-7-13(19)10-20-16)25-18(24)15-8-6-12-4-2-3-5-14(12)21-15/h2-11H,1H3,(H,20,22,23)/t11-/m0/s1. The van der Waals surface area contributed by atoms with Crippen LogP contribution in [0.15, 0.2) is 54.7 Å². The van der Waals surface area contributed by atoms with Crippen molar-refractivity contribution in [2.24, 2.45) is 0 Å². The Morgan fingerprint density at radius 2 is 1.92 bits per heavy atom. The Balaban J connectivity index is 1.66. The first-order valence-electron chi connectivity index (χ1n) is 7.52. The van der Waals surface area contributed by atoms with E-state index in [2.05, 4.69) is 15.3 Å². The van der Waals surface area contributed by atoms with Crippen LogP contribution in [0.5, 0.6) is 0 Å². The third kappa shape index (κ3) is 4.10. The van der Waals surface area contributed by atoms with E-state index in [4.69, 9.17) is 16.3 Å². The minimum absolute atomic E-state index is 0.142. The van der Waals surface area contributed by atoms with Gasteiger partial charge in [-0.2, -0.15) is 0 Å². The van der Waals surface area contributed by atoms with E-state index in [0.717, 1.165) is 5.39 Å². The summed E-state index contributed by atoms with van der Waals surface area (Å²) >= 11 is 5.74. The van der Waals surface area contributed by atoms with Crippen molar-refractivity contribution < 1.29 is 14.3 Å². The summed E-state index contributed by atoms with van der Waals surface area (Å²) in [4.78, 5) is 32.5. The number of carbonyl (C=O) groups excluding carboxylic acids is 2. The Hall–Kier alpha value is -2.99. The third-order valence-electron chi connectivity index (χ3n) is 3.44. The first-order valence-corrected chi connectivity index (χ1v) is 7.90. The Morgan fingerprint density at radius 1 is 1.12 bits per heavy atom. The molecule has 7 heteroatoms. The minimum atomic E-state index is -1.00. The number of rotatable bonds is 4. The Morgan fingerprint density at radius 3 is 2.68 bits per heavy atom. The van der Waals surface area contributed by atoms with Gasteiger partial charge in [0.05, 0.1) is 10.5 Å². The minimum Gasteiger partial charge on any atom is -0.448 e. The fourth-order valence-corrected chi connectivity index (χ4v) is 2.24. The number of hydrogen-bond acceptors (Lipinski definition) is 5. The number of benzene rings is 1.